The number of rotatable bonds is 2. The lowest BCUT2D eigenvalue weighted by atomic mass is 10.1. The molecule has 112 valence electrons. The van der Waals surface area contributed by atoms with Gasteiger partial charge in [0, 0.05) is 37.6 Å². The molecule has 0 bridgehead atoms. The Morgan fingerprint density at radius 3 is 2.76 bits per heavy atom. The van der Waals surface area contributed by atoms with E-state index in [1.165, 1.54) is 24.1 Å². The van der Waals surface area contributed by atoms with Crippen molar-refractivity contribution in [1.29, 1.82) is 0 Å². The molecule has 1 aromatic carbocycles. The molecule has 4 nitrogen and oxygen atoms in total. The van der Waals surface area contributed by atoms with Crippen LogP contribution in [0.4, 0.5) is 11.4 Å². The van der Waals surface area contributed by atoms with Crippen LogP contribution in [0.2, 0.25) is 0 Å². The molecule has 0 radical (unpaired) electrons. The van der Waals surface area contributed by atoms with Crippen molar-refractivity contribution in [3.63, 3.8) is 0 Å². The van der Waals surface area contributed by atoms with Gasteiger partial charge in [0.05, 0.1) is 0 Å². The van der Waals surface area contributed by atoms with Gasteiger partial charge in [-0.25, -0.2) is 0 Å². The summed E-state index contributed by atoms with van der Waals surface area (Å²) in [5, 5.41) is 0. The standard InChI is InChI=1S/C17H22N2O2/c20-17(16-4-3-11-21-16)19-10-7-13-5-6-14(12-15(13)19)18-8-1-2-9-18/h5-6,12,16H,1-4,7-11H2. The van der Waals surface area contributed by atoms with Crippen molar-refractivity contribution in [3.8, 4) is 0 Å². The number of ether oxygens (including phenoxy) is 1. The highest BCUT2D eigenvalue weighted by atomic mass is 16.5. The van der Waals surface area contributed by atoms with Crippen LogP contribution >= 0.6 is 0 Å². The number of carbonyl (C=O) groups is 1. The first kappa shape index (κ1) is 13.1. The minimum Gasteiger partial charge on any atom is -0.371 e. The van der Waals surface area contributed by atoms with Crippen LogP contribution in [0.1, 0.15) is 31.2 Å². The second-order valence-corrected chi connectivity index (χ2v) is 6.25. The minimum absolute atomic E-state index is 0.157. The lowest BCUT2D eigenvalue weighted by molar-refractivity contribution is -0.127. The van der Waals surface area contributed by atoms with Gasteiger partial charge in [-0.05, 0) is 49.8 Å². The van der Waals surface area contributed by atoms with Crippen LogP contribution in [0.5, 0.6) is 0 Å². The molecule has 1 atom stereocenters. The summed E-state index contributed by atoms with van der Waals surface area (Å²) in [5.74, 6) is 0.157. The quantitative estimate of drug-likeness (QED) is 0.836. The van der Waals surface area contributed by atoms with Gasteiger partial charge in [-0.2, -0.15) is 0 Å². The summed E-state index contributed by atoms with van der Waals surface area (Å²) < 4.78 is 5.57. The third-order valence-corrected chi connectivity index (χ3v) is 4.91. The molecule has 3 aliphatic rings. The average molecular weight is 286 g/mol. The number of nitrogens with zero attached hydrogens (tertiary/aromatic N) is 2. The second kappa shape index (κ2) is 5.34. The van der Waals surface area contributed by atoms with Gasteiger partial charge < -0.3 is 14.5 Å². The summed E-state index contributed by atoms with van der Waals surface area (Å²) in [6.07, 6.45) is 5.17. The van der Waals surface area contributed by atoms with E-state index in [2.05, 4.69) is 23.1 Å². The fourth-order valence-electron chi connectivity index (χ4n) is 3.71. The molecule has 3 aliphatic heterocycles. The SMILES string of the molecule is O=C(C1CCCO1)N1CCc2ccc(N3CCCC3)cc21. The van der Waals surface area contributed by atoms with Crippen molar-refractivity contribution in [2.45, 2.75) is 38.2 Å². The van der Waals surface area contributed by atoms with Gasteiger partial charge in [0.1, 0.15) is 6.10 Å². The minimum atomic E-state index is -0.216. The van der Waals surface area contributed by atoms with Gasteiger partial charge >= 0.3 is 0 Å². The van der Waals surface area contributed by atoms with E-state index in [9.17, 15) is 4.79 Å². The second-order valence-electron chi connectivity index (χ2n) is 6.25. The average Bonchev–Trinajstić information content (AvgIpc) is 3.25. The van der Waals surface area contributed by atoms with E-state index in [0.29, 0.717) is 0 Å². The van der Waals surface area contributed by atoms with Gasteiger partial charge in [0.2, 0.25) is 0 Å². The molecule has 4 heteroatoms. The number of benzene rings is 1. The first-order chi connectivity index (χ1) is 10.3. The smallest absolute Gasteiger partial charge is 0.256 e. The predicted molar refractivity (Wildman–Crippen MR) is 82.9 cm³/mol. The zero-order valence-corrected chi connectivity index (χ0v) is 12.4. The molecule has 1 amide bonds. The van der Waals surface area contributed by atoms with Crippen LogP contribution < -0.4 is 9.80 Å². The van der Waals surface area contributed by atoms with Crippen molar-refractivity contribution in [2.75, 3.05) is 36.0 Å². The molecule has 0 saturated carbocycles. The third kappa shape index (κ3) is 2.31. The van der Waals surface area contributed by atoms with Gasteiger partial charge in [-0.1, -0.05) is 6.07 Å². The van der Waals surface area contributed by atoms with Crippen LogP contribution in [0, 0.1) is 0 Å². The topological polar surface area (TPSA) is 32.8 Å². The van der Waals surface area contributed by atoms with Crippen molar-refractivity contribution in [3.05, 3.63) is 23.8 Å². The molecule has 0 N–H and O–H groups in total. The van der Waals surface area contributed by atoms with Crippen molar-refractivity contribution in [1.82, 2.24) is 0 Å². The molecule has 3 heterocycles. The molecular weight excluding hydrogens is 264 g/mol. The van der Waals surface area contributed by atoms with Gasteiger partial charge in [-0.3, -0.25) is 4.79 Å². The number of hydrogen-bond donors (Lipinski definition) is 0. The maximum absolute atomic E-state index is 12.6. The lowest BCUT2D eigenvalue weighted by Gasteiger charge is -2.23. The maximum Gasteiger partial charge on any atom is 0.256 e. The summed E-state index contributed by atoms with van der Waals surface area (Å²) in [5.41, 5.74) is 3.67. The van der Waals surface area contributed by atoms with Crippen molar-refractivity contribution >= 4 is 17.3 Å². The highest BCUT2D eigenvalue weighted by Gasteiger charge is 2.33. The summed E-state index contributed by atoms with van der Waals surface area (Å²) in [7, 11) is 0. The fourth-order valence-corrected chi connectivity index (χ4v) is 3.71. The van der Waals surface area contributed by atoms with Crippen LogP contribution in [-0.2, 0) is 16.0 Å². The molecule has 0 spiro atoms. The summed E-state index contributed by atoms with van der Waals surface area (Å²) in [6.45, 7) is 3.80. The Bertz CT molecular complexity index is 546. The highest BCUT2D eigenvalue weighted by Crippen LogP contribution is 2.34. The molecular formula is C17H22N2O2. The Balaban J connectivity index is 1.60. The normalized spacial score (nSPS) is 24.7. The zero-order valence-electron chi connectivity index (χ0n) is 12.4. The van der Waals surface area contributed by atoms with E-state index in [1.54, 1.807) is 0 Å². The number of carbonyl (C=O) groups excluding carboxylic acids is 1. The van der Waals surface area contributed by atoms with E-state index in [0.717, 1.165) is 51.2 Å². The highest BCUT2D eigenvalue weighted by molar-refractivity contribution is 5.99. The van der Waals surface area contributed by atoms with E-state index in [1.807, 2.05) is 4.90 Å². The van der Waals surface area contributed by atoms with E-state index >= 15 is 0 Å². The first-order valence-electron chi connectivity index (χ1n) is 8.14. The molecule has 0 aromatic heterocycles. The van der Waals surface area contributed by atoms with Gasteiger partial charge in [0.15, 0.2) is 0 Å². The Morgan fingerprint density at radius 1 is 1.14 bits per heavy atom. The van der Waals surface area contributed by atoms with Crippen LogP contribution in [0.25, 0.3) is 0 Å². The first-order valence-corrected chi connectivity index (χ1v) is 8.14. The van der Waals surface area contributed by atoms with Crippen LogP contribution in [0.15, 0.2) is 18.2 Å². The molecule has 1 aromatic rings. The van der Waals surface area contributed by atoms with Crippen LogP contribution in [-0.4, -0.2) is 38.3 Å². The number of anilines is 2. The number of fused-ring (bicyclic) bond motifs is 1. The Morgan fingerprint density at radius 2 is 2.00 bits per heavy atom. The largest absolute Gasteiger partial charge is 0.371 e. The number of amides is 1. The monoisotopic (exact) mass is 286 g/mol. The van der Waals surface area contributed by atoms with Gasteiger partial charge in [-0.15, -0.1) is 0 Å². The lowest BCUT2D eigenvalue weighted by Crippen LogP contribution is -2.37. The molecule has 0 aliphatic carbocycles. The summed E-state index contributed by atoms with van der Waals surface area (Å²) in [6, 6.07) is 6.62. The molecule has 2 saturated heterocycles. The fraction of sp³-hybridized carbons (Fsp3) is 0.588. The Labute approximate surface area is 125 Å². The van der Waals surface area contributed by atoms with Gasteiger partial charge in [0.25, 0.3) is 5.91 Å². The molecule has 1 unspecified atom stereocenters. The molecule has 4 rings (SSSR count). The third-order valence-electron chi connectivity index (χ3n) is 4.91. The van der Waals surface area contributed by atoms with Crippen molar-refractivity contribution < 1.29 is 9.53 Å². The molecule has 2 fully saturated rings. The zero-order chi connectivity index (χ0) is 14.2. The number of hydrogen-bond acceptors (Lipinski definition) is 3. The van der Waals surface area contributed by atoms with Crippen molar-refractivity contribution in [2.24, 2.45) is 0 Å². The Kier molecular flexibility index (Phi) is 3.34. The summed E-state index contributed by atoms with van der Waals surface area (Å²) >= 11 is 0. The predicted octanol–water partition coefficient (Wildman–Crippen LogP) is 2.35. The Hall–Kier alpha value is -1.55. The maximum atomic E-state index is 12.6. The van der Waals surface area contributed by atoms with E-state index < -0.39 is 0 Å². The summed E-state index contributed by atoms with van der Waals surface area (Å²) in [4.78, 5) is 17.0. The molecule has 21 heavy (non-hydrogen) atoms. The van der Waals surface area contributed by atoms with E-state index in [4.69, 9.17) is 4.74 Å². The van der Waals surface area contributed by atoms with E-state index in [-0.39, 0.29) is 12.0 Å². The van der Waals surface area contributed by atoms with Crippen LogP contribution in [0.3, 0.4) is 0 Å².